The van der Waals surface area contributed by atoms with Gasteiger partial charge >= 0.3 is 0 Å². The first-order valence-electron chi connectivity index (χ1n) is 6.74. The second kappa shape index (κ2) is 5.67. The first-order valence-corrected chi connectivity index (χ1v) is 7.53. The molecule has 0 aromatic carbocycles. The molecule has 6 nitrogen and oxygen atoms in total. The predicted molar refractivity (Wildman–Crippen MR) is 81.6 cm³/mol. The van der Waals surface area contributed by atoms with E-state index in [0.29, 0.717) is 5.95 Å². The molecule has 1 unspecified atom stereocenters. The Balaban J connectivity index is 1.86. The number of pyridine rings is 1. The van der Waals surface area contributed by atoms with Crippen molar-refractivity contribution in [3.63, 3.8) is 0 Å². The number of halogens is 1. The average molecular weight is 340 g/mol. The number of nitrogens with two attached hydrogens (primary N) is 1. The zero-order chi connectivity index (χ0) is 14.1. The number of morpholine rings is 1. The van der Waals surface area contributed by atoms with E-state index in [-0.39, 0.29) is 6.04 Å². The van der Waals surface area contributed by atoms with Gasteiger partial charge in [-0.05, 0) is 28.9 Å². The third kappa shape index (κ3) is 2.65. The number of hydrogen-bond acceptors (Lipinski definition) is 5. The quantitative estimate of drug-likeness (QED) is 0.921. The fourth-order valence-electron chi connectivity index (χ4n) is 2.65. The van der Waals surface area contributed by atoms with Gasteiger partial charge < -0.3 is 10.5 Å². The second-order valence-electron chi connectivity index (χ2n) is 5.10. The molecule has 1 atom stereocenters. The highest BCUT2D eigenvalue weighted by Crippen LogP contribution is 2.24. The SMILES string of the molecule is CC(CN1CCOCC1)n1c(N)nc2cc(Br)cnc21. The Labute approximate surface area is 126 Å². The Hall–Kier alpha value is -1.18. The number of nitrogens with zero attached hydrogens (tertiary/aromatic N) is 4. The van der Waals surface area contributed by atoms with E-state index in [2.05, 4.69) is 37.7 Å². The van der Waals surface area contributed by atoms with Gasteiger partial charge in [-0.25, -0.2) is 9.97 Å². The molecule has 1 aliphatic rings. The summed E-state index contributed by atoms with van der Waals surface area (Å²) >= 11 is 3.41. The van der Waals surface area contributed by atoms with Crippen molar-refractivity contribution in [1.82, 2.24) is 19.4 Å². The molecule has 1 saturated heterocycles. The molecule has 1 aliphatic heterocycles. The summed E-state index contributed by atoms with van der Waals surface area (Å²) in [5.74, 6) is 0.520. The van der Waals surface area contributed by atoms with Crippen molar-refractivity contribution >= 4 is 33.0 Å². The first-order chi connectivity index (χ1) is 9.65. The summed E-state index contributed by atoms with van der Waals surface area (Å²) < 4.78 is 8.30. The van der Waals surface area contributed by atoms with Gasteiger partial charge in [0.2, 0.25) is 5.95 Å². The summed E-state index contributed by atoms with van der Waals surface area (Å²) in [4.78, 5) is 11.2. The number of imidazole rings is 1. The third-order valence-corrected chi connectivity index (χ3v) is 4.02. The van der Waals surface area contributed by atoms with Gasteiger partial charge in [-0.15, -0.1) is 0 Å². The van der Waals surface area contributed by atoms with E-state index in [1.165, 1.54) is 0 Å². The van der Waals surface area contributed by atoms with Crippen LogP contribution in [-0.2, 0) is 4.74 Å². The van der Waals surface area contributed by atoms with Crippen molar-refractivity contribution in [3.8, 4) is 0 Å². The average Bonchev–Trinajstić information content (AvgIpc) is 2.74. The molecule has 0 amide bonds. The van der Waals surface area contributed by atoms with Gasteiger partial charge in [-0.2, -0.15) is 0 Å². The number of nitrogen functional groups attached to an aromatic ring is 1. The van der Waals surface area contributed by atoms with Crippen molar-refractivity contribution in [3.05, 3.63) is 16.7 Å². The van der Waals surface area contributed by atoms with Crippen LogP contribution in [-0.4, -0.2) is 52.3 Å². The lowest BCUT2D eigenvalue weighted by Gasteiger charge is -2.29. The summed E-state index contributed by atoms with van der Waals surface area (Å²) in [6.07, 6.45) is 1.78. The molecule has 108 valence electrons. The maximum atomic E-state index is 6.06. The Morgan fingerprint density at radius 3 is 2.95 bits per heavy atom. The molecule has 0 aliphatic carbocycles. The van der Waals surface area contributed by atoms with Gasteiger partial charge in [0.05, 0.1) is 13.2 Å². The Morgan fingerprint density at radius 2 is 2.20 bits per heavy atom. The first kappa shape index (κ1) is 13.8. The molecule has 3 heterocycles. The zero-order valence-corrected chi connectivity index (χ0v) is 13.0. The van der Waals surface area contributed by atoms with E-state index >= 15 is 0 Å². The van der Waals surface area contributed by atoms with Crippen LogP contribution >= 0.6 is 15.9 Å². The largest absolute Gasteiger partial charge is 0.379 e. The van der Waals surface area contributed by atoms with Crippen LogP contribution in [0.1, 0.15) is 13.0 Å². The Bertz CT molecular complexity index is 608. The van der Waals surface area contributed by atoms with E-state index < -0.39 is 0 Å². The molecule has 7 heteroatoms. The van der Waals surface area contributed by atoms with Crippen LogP contribution in [0.15, 0.2) is 16.7 Å². The van der Waals surface area contributed by atoms with Crippen molar-refractivity contribution in [2.45, 2.75) is 13.0 Å². The molecule has 2 aromatic heterocycles. The standard InChI is InChI=1S/C13H18BrN5O/c1-9(8-18-2-4-20-5-3-18)19-12-11(17-13(19)15)6-10(14)7-16-12/h6-7,9H,2-5,8H2,1H3,(H2,15,17). The minimum atomic E-state index is 0.228. The van der Waals surface area contributed by atoms with E-state index in [4.69, 9.17) is 10.5 Å². The number of ether oxygens (including phenoxy) is 1. The Kier molecular flexibility index (Phi) is 3.91. The Morgan fingerprint density at radius 1 is 1.45 bits per heavy atom. The van der Waals surface area contributed by atoms with Crippen LogP contribution in [0.25, 0.3) is 11.2 Å². The lowest BCUT2D eigenvalue weighted by molar-refractivity contribution is 0.0328. The minimum absolute atomic E-state index is 0.228. The van der Waals surface area contributed by atoms with Gasteiger partial charge in [0.15, 0.2) is 5.65 Å². The minimum Gasteiger partial charge on any atom is -0.379 e. The smallest absolute Gasteiger partial charge is 0.202 e. The summed E-state index contributed by atoms with van der Waals surface area (Å²) in [7, 11) is 0. The number of fused-ring (bicyclic) bond motifs is 1. The maximum Gasteiger partial charge on any atom is 0.202 e. The van der Waals surface area contributed by atoms with Crippen molar-refractivity contribution in [2.75, 3.05) is 38.6 Å². The molecule has 0 spiro atoms. The van der Waals surface area contributed by atoms with Gasteiger partial charge in [-0.3, -0.25) is 9.47 Å². The fraction of sp³-hybridized carbons (Fsp3) is 0.538. The summed E-state index contributed by atoms with van der Waals surface area (Å²) in [6.45, 7) is 6.62. The molecular formula is C13H18BrN5O. The van der Waals surface area contributed by atoms with E-state index in [0.717, 1.165) is 48.5 Å². The van der Waals surface area contributed by atoms with E-state index in [1.807, 2.05) is 10.6 Å². The normalized spacial score (nSPS) is 18.5. The molecule has 0 radical (unpaired) electrons. The second-order valence-corrected chi connectivity index (χ2v) is 6.01. The lowest BCUT2D eigenvalue weighted by Crippen LogP contribution is -2.39. The molecule has 2 N–H and O–H groups in total. The van der Waals surface area contributed by atoms with E-state index in [9.17, 15) is 0 Å². The van der Waals surface area contributed by atoms with Gasteiger partial charge in [0.25, 0.3) is 0 Å². The molecule has 1 fully saturated rings. The number of rotatable bonds is 3. The predicted octanol–water partition coefficient (Wildman–Crippen LogP) is 1.67. The maximum absolute atomic E-state index is 6.06. The molecule has 20 heavy (non-hydrogen) atoms. The summed E-state index contributed by atoms with van der Waals surface area (Å²) in [6, 6.07) is 2.17. The fourth-order valence-corrected chi connectivity index (χ4v) is 2.97. The summed E-state index contributed by atoms with van der Waals surface area (Å²) in [5.41, 5.74) is 7.73. The topological polar surface area (TPSA) is 69.2 Å². The molecular weight excluding hydrogens is 322 g/mol. The van der Waals surface area contributed by atoms with Crippen LogP contribution in [0.3, 0.4) is 0 Å². The number of aromatic nitrogens is 3. The zero-order valence-electron chi connectivity index (χ0n) is 11.4. The van der Waals surface area contributed by atoms with Crippen LogP contribution < -0.4 is 5.73 Å². The van der Waals surface area contributed by atoms with Gasteiger partial charge in [0.1, 0.15) is 5.52 Å². The lowest BCUT2D eigenvalue weighted by atomic mass is 10.2. The third-order valence-electron chi connectivity index (χ3n) is 3.59. The highest BCUT2D eigenvalue weighted by atomic mass is 79.9. The van der Waals surface area contributed by atoms with Crippen LogP contribution in [0, 0.1) is 0 Å². The van der Waals surface area contributed by atoms with Crippen LogP contribution in [0.2, 0.25) is 0 Å². The van der Waals surface area contributed by atoms with Crippen molar-refractivity contribution < 1.29 is 4.74 Å². The molecule has 3 rings (SSSR count). The number of anilines is 1. The molecule has 2 aromatic rings. The summed E-state index contributed by atoms with van der Waals surface area (Å²) in [5, 5.41) is 0. The molecule has 0 saturated carbocycles. The van der Waals surface area contributed by atoms with Crippen LogP contribution in [0.4, 0.5) is 5.95 Å². The molecule has 0 bridgehead atoms. The highest BCUT2D eigenvalue weighted by molar-refractivity contribution is 9.10. The number of hydrogen-bond donors (Lipinski definition) is 1. The highest BCUT2D eigenvalue weighted by Gasteiger charge is 2.19. The van der Waals surface area contributed by atoms with Gasteiger partial charge in [0, 0.05) is 36.3 Å². The van der Waals surface area contributed by atoms with Crippen LogP contribution in [0.5, 0.6) is 0 Å². The monoisotopic (exact) mass is 339 g/mol. The van der Waals surface area contributed by atoms with Crippen molar-refractivity contribution in [2.24, 2.45) is 0 Å². The van der Waals surface area contributed by atoms with E-state index in [1.54, 1.807) is 6.20 Å². The van der Waals surface area contributed by atoms with Gasteiger partial charge in [-0.1, -0.05) is 0 Å². The van der Waals surface area contributed by atoms with Crippen molar-refractivity contribution in [1.29, 1.82) is 0 Å².